The lowest BCUT2D eigenvalue weighted by atomic mass is 10.1. The molecule has 0 saturated carbocycles. The van der Waals surface area contributed by atoms with Crippen LogP contribution in [0.25, 0.3) is 0 Å². The number of benzene rings is 2. The zero-order valence-electron chi connectivity index (χ0n) is 17.2. The van der Waals surface area contributed by atoms with Gasteiger partial charge in [0.25, 0.3) is 0 Å². The van der Waals surface area contributed by atoms with Gasteiger partial charge < -0.3 is 23.7 Å². The van der Waals surface area contributed by atoms with Gasteiger partial charge in [0.15, 0.2) is 6.10 Å². The Bertz CT molecular complexity index is 959. The van der Waals surface area contributed by atoms with Crippen LogP contribution in [0.1, 0.15) is 29.4 Å². The third kappa shape index (κ3) is 6.30. The van der Waals surface area contributed by atoms with Gasteiger partial charge in [-0.3, -0.25) is 0 Å². The molecule has 1 fully saturated rings. The summed E-state index contributed by atoms with van der Waals surface area (Å²) in [6.07, 6.45) is 0.444. The Morgan fingerprint density at radius 2 is 1.65 bits per heavy atom. The maximum atomic E-state index is 10.1. The Kier molecular flexibility index (Phi) is 7.54. The first-order valence-electron chi connectivity index (χ1n) is 10.4. The van der Waals surface area contributed by atoms with Crippen molar-refractivity contribution in [3.8, 4) is 11.8 Å². The first kappa shape index (κ1) is 21.4. The topological polar surface area (TPSA) is 61.1 Å². The fraction of sp³-hybridized carbons (Fsp3) is 0.308. The standard InChI is InChI=1S/C26H26O5/c27-23(24-12-7-15-29-24)14-13-22-16-25(30-18-21-10-5-2-6-11-21)26(31-22)19-28-17-20-8-3-1-4-9-20/h1-12,15,22-23,25-27H,16-19H2/t22-,23?,25+,26-/m1/s1. The molecular formula is C26H26O5. The molecule has 5 heteroatoms. The highest BCUT2D eigenvalue weighted by molar-refractivity contribution is 5.19. The molecule has 4 rings (SSSR count). The third-order valence-electron chi connectivity index (χ3n) is 5.09. The predicted octanol–water partition coefficient (Wildman–Crippen LogP) is 4.28. The smallest absolute Gasteiger partial charge is 0.172 e. The molecule has 1 unspecified atom stereocenters. The molecule has 160 valence electrons. The molecule has 5 nitrogen and oxygen atoms in total. The van der Waals surface area contributed by atoms with Gasteiger partial charge in [0.05, 0.1) is 32.2 Å². The van der Waals surface area contributed by atoms with Crippen LogP contribution in [0.15, 0.2) is 83.5 Å². The van der Waals surface area contributed by atoms with Crippen molar-refractivity contribution in [2.45, 2.75) is 44.1 Å². The van der Waals surface area contributed by atoms with Crippen LogP contribution in [0.5, 0.6) is 0 Å². The fourth-order valence-corrected chi connectivity index (χ4v) is 3.47. The molecule has 0 spiro atoms. The number of ether oxygens (including phenoxy) is 3. The second kappa shape index (κ2) is 10.9. The lowest BCUT2D eigenvalue weighted by Gasteiger charge is -2.19. The Morgan fingerprint density at radius 3 is 2.32 bits per heavy atom. The van der Waals surface area contributed by atoms with Gasteiger partial charge in [-0.05, 0) is 23.3 Å². The average molecular weight is 418 g/mol. The van der Waals surface area contributed by atoms with E-state index in [-0.39, 0.29) is 18.3 Å². The van der Waals surface area contributed by atoms with Crippen molar-refractivity contribution in [1.82, 2.24) is 0 Å². The van der Waals surface area contributed by atoms with Crippen molar-refractivity contribution in [1.29, 1.82) is 0 Å². The predicted molar refractivity (Wildman–Crippen MR) is 116 cm³/mol. The molecule has 1 saturated heterocycles. The molecule has 0 bridgehead atoms. The van der Waals surface area contributed by atoms with Crippen LogP contribution in [-0.2, 0) is 27.4 Å². The molecule has 0 aliphatic carbocycles. The van der Waals surface area contributed by atoms with Gasteiger partial charge in [-0.15, -0.1) is 0 Å². The van der Waals surface area contributed by atoms with Gasteiger partial charge in [-0.2, -0.15) is 0 Å². The molecule has 2 heterocycles. The van der Waals surface area contributed by atoms with Crippen molar-refractivity contribution in [3.63, 3.8) is 0 Å². The van der Waals surface area contributed by atoms with E-state index in [1.807, 2.05) is 60.7 Å². The van der Waals surface area contributed by atoms with E-state index in [4.69, 9.17) is 18.6 Å². The molecule has 1 aromatic heterocycles. The summed E-state index contributed by atoms with van der Waals surface area (Å²) in [5.74, 6) is 6.25. The first-order chi connectivity index (χ1) is 15.3. The summed E-state index contributed by atoms with van der Waals surface area (Å²) in [5, 5.41) is 10.1. The highest BCUT2D eigenvalue weighted by Gasteiger charge is 2.35. The van der Waals surface area contributed by atoms with Gasteiger partial charge in [0, 0.05) is 6.42 Å². The molecule has 3 aromatic rings. The number of hydrogen-bond acceptors (Lipinski definition) is 5. The van der Waals surface area contributed by atoms with Crippen LogP contribution in [0, 0.1) is 11.8 Å². The first-order valence-corrected chi connectivity index (χ1v) is 10.4. The largest absolute Gasteiger partial charge is 0.466 e. The molecule has 2 aromatic carbocycles. The van der Waals surface area contributed by atoms with E-state index in [1.54, 1.807) is 12.1 Å². The molecule has 1 N–H and O–H groups in total. The summed E-state index contributed by atoms with van der Waals surface area (Å²) in [6.45, 7) is 1.42. The summed E-state index contributed by atoms with van der Waals surface area (Å²) in [4.78, 5) is 0. The second-order valence-electron chi connectivity index (χ2n) is 7.44. The number of aliphatic hydroxyl groups is 1. The zero-order chi connectivity index (χ0) is 21.3. The normalized spacial score (nSPS) is 21.4. The van der Waals surface area contributed by atoms with Crippen molar-refractivity contribution in [2.75, 3.05) is 6.61 Å². The Labute approximate surface area is 182 Å². The lowest BCUT2D eigenvalue weighted by Crippen LogP contribution is -2.29. The van der Waals surface area contributed by atoms with E-state index in [0.29, 0.717) is 32.0 Å². The summed E-state index contributed by atoms with van der Waals surface area (Å²) < 4.78 is 23.4. The number of hydrogen-bond donors (Lipinski definition) is 1. The molecule has 31 heavy (non-hydrogen) atoms. The lowest BCUT2D eigenvalue weighted by molar-refractivity contribution is -0.0651. The second-order valence-corrected chi connectivity index (χ2v) is 7.44. The van der Waals surface area contributed by atoms with E-state index in [0.717, 1.165) is 11.1 Å². The summed E-state index contributed by atoms with van der Waals surface area (Å²) in [7, 11) is 0. The van der Waals surface area contributed by atoms with E-state index in [9.17, 15) is 5.11 Å². The van der Waals surface area contributed by atoms with Crippen molar-refractivity contribution in [3.05, 3.63) is 95.9 Å². The highest BCUT2D eigenvalue weighted by Crippen LogP contribution is 2.25. The van der Waals surface area contributed by atoms with Gasteiger partial charge in [-0.25, -0.2) is 0 Å². The number of rotatable bonds is 8. The van der Waals surface area contributed by atoms with E-state index in [1.165, 1.54) is 6.26 Å². The molecule has 0 amide bonds. The van der Waals surface area contributed by atoms with Crippen molar-refractivity contribution >= 4 is 0 Å². The molecule has 1 aliphatic rings. The Hall–Kier alpha value is -2.88. The minimum atomic E-state index is -0.976. The molecule has 4 atom stereocenters. The van der Waals surface area contributed by atoms with E-state index in [2.05, 4.69) is 11.8 Å². The van der Waals surface area contributed by atoms with Gasteiger partial charge in [0.2, 0.25) is 0 Å². The summed E-state index contributed by atoms with van der Waals surface area (Å²) in [5.41, 5.74) is 2.22. The minimum Gasteiger partial charge on any atom is -0.466 e. The Balaban J connectivity index is 1.36. The Morgan fingerprint density at radius 1 is 0.935 bits per heavy atom. The maximum absolute atomic E-state index is 10.1. The third-order valence-corrected chi connectivity index (χ3v) is 5.09. The van der Waals surface area contributed by atoms with Crippen LogP contribution in [0.4, 0.5) is 0 Å². The van der Waals surface area contributed by atoms with Crippen LogP contribution >= 0.6 is 0 Å². The minimum absolute atomic E-state index is 0.143. The van der Waals surface area contributed by atoms with Gasteiger partial charge in [-0.1, -0.05) is 72.5 Å². The van der Waals surface area contributed by atoms with Crippen molar-refractivity contribution < 1.29 is 23.7 Å². The molecule has 1 aliphatic heterocycles. The van der Waals surface area contributed by atoms with Crippen molar-refractivity contribution in [2.24, 2.45) is 0 Å². The highest BCUT2D eigenvalue weighted by atomic mass is 16.6. The summed E-state index contributed by atoms with van der Waals surface area (Å²) in [6, 6.07) is 23.5. The van der Waals surface area contributed by atoms with Crippen LogP contribution < -0.4 is 0 Å². The average Bonchev–Trinajstić information content (AvgIpc) is 3.48. The van der Waals surface area contributed by atoms with Crippen LogP contribution in [0.3, 0.4) is 0 Å². The van der Waals surface area contributed by atoms with Crippen LogP contribution in [-0.4, -0.2) is 30.0 Å². The monoisotopic (exact) mass is 418 g/mol. The van der Waals surface area contributed by atoms with E-state index < -0.39 is 6.10 Å². The number of aliphatic hydroxyl groups excluding tert-OH is 1. The molecular weight excluding hydrogens is 392 g/mol. The fourth-order valence-electron chi connectivity index (χ4n) is 3.47. The summed E-state index contributed by atoms with van der Waals surface area (Å²) >= 11 is 0. The zero-order valence-corrected chi connectivity index (χ0v) is 17.2. The van der Waals surface area contributed by atoms with Gasteiger partial charge in [0.1, 0.15) is 18.0 Å². The SMILES string of the molecule is OC(C#C[C@@H]1C[C@H](OCc2ccccc2)[C@@H](COCc2ccccc2)O1)c1ccco1. The molecule has 0 radical (unpaired) electrons. The number of furan rings is 1. The quantitative estimate of drug-likeness (QED) is 0.554. The van der Waals surface area contributed by atoms with E-state index >= 15 is 0 Å². The van der Waals surface area contributed by atoms with Gasteiger partial charge >= 0.3 is 0 Å². The maximum Gasteiger partial charge on any atom is 0.172 e. The van der Waals surface area contributed by atoms with Crippen LogP contribution in [0.2, 0.25) is 0 Å².